The van der Waals surface area contributed by atoms with E-state index in [2.05, 4.69) is 122 Å². The average molecular weight is 699 g/mol. The molecule has 2 aromatic rings. The highest BCUT2D eigenvalue weighted by Gasteiger charge is 2.57. The van der Waals surface area contributed by atoms with E-state index in [1.54, 1.807) is 27.9 Å². The highest BCUT2D eigenvalue weighted by Crippen LogP contribution is 2.68. The van der Waals surface area contributed by atoms with Crippen LogP contribution in [-0.2, 0) is 0 Å². The molecule has 2 saturated carbocycles. The van der Waals surface area contributed by atoms with E-state index in [4.69, 9.17) is 4.99 Å². The molecule has 0 amide bonds. The van der Waals surface area contributed by atoms with Gasteiger partial charge in [-0.05, 0) is 106 Å². The van der Waals surface area contributed by atoms with E-state index in [1.165, 1.54) is 83.6 Å². The number of thioether (sulfide) groups is 1. The summed E-state index contributed by atoms with van der Waals surface area (Å²) in [5, 5.41) is 5.12. The van der Waals surface area contributed by atoms with Gasteiger partial charge in [-0.2, -0.15) is 0 Å². The van der Waals surface area contributed by atoms with Crippen molar-refractivity contribution in [2.75, 3.05) is 0 Å². The quantitative estimate of drug-likeness (QED) is 0.323. The van der Waals surface area contributed by atoms with Gasteiger partial charge in [-0.1, -0.05) is 154 Å². The van der Waals surface area contributed by atoms with Crippen molar-refractivity contribution in [2.24, 2.45) is 39.5 Å². The Kier molecular flexibility index (Phi) is 7.21. The molecule has 0 aromatic heterocycles. The van der Waals surface area contributed by atoms with Crippen LogP contribution in [0.15, 0.2) is 152 Å². The number of nitrogens with zero attached hydrogens (tertiary/aromatic N) is 1. The summed E-state index contributed by atoms with van der Waals surface area (Å²) in [6.45, 7) is 5.16. The van der Waals surface area contributed by atoms with Crippen molar-refractivity contribution in [1.29, 1.82) is 0 Å². The second kappa shape index (κ2) is 11.8. The summed E-state index contributed by atoms with van der Waals surface area (Å²) in [7, 11) is 0. The number of benzene rings is 2. The zero-order valence-electron chi connectivity index (χ0n) is 30.7. The fraction of sp³-hybridized carbons (Fsp3) is 0.408. The lowest BCUT2D eigenvalue weighted by Gasteiger charge is -2.43. The third-order valence-electron chi connectivity index (χ3n) is 14.8. The van der Waals surface area contributed by atoms with Crippen LogP contribution in [0.3, 0.4) is 0 Å². The van der Waals surface area contributed by atoms with Crippen molar-refractivity contribution in [3.05, 3.63) is 163 Å². The van der Waals surface area contributed by atoms with E-state index in [-0.39, 0.29) is 11.5 Å². The van der Waals surface area contributed by atoms with Crippen LogP contribution in [-0.4, -0.2) is 5.84 Å². The van der Waals surface area contributed by atoms with Crippen molar-refractivity contribution >= 4 is 17.6 Å². The first kappa shape index (κ1) is 31.7. The van der Waals surface area contributed by atoms with Gasteiger partial charge in [0.15, 0.2) is 0 Å². The molecule has 1 N–H and O–H groups in total. The summed E-state index contributed by atoms with van der Waals surface area (Å²) in [4.78, 5) is 6.93. The molecule has 3 heteroatoms. The van der Waals surface area contributed by atoms with E-state index in [9.17, 15) is 0 Å². The molecule has 2 fully saturated rings. The molecule has 0 radical (unpaired) electrons. The molecule has 9 aliphatic rings. The van der Waals surface area contributed by atoms with Gasteiger partial charge in [0.05, 0.1) is 5.03 Å². The van der Waals surface area contributed by atoms with Crippen LogP contribution in [0.2, 0.25) is 0 Å². The third kappa shape index (κ3) is 4.53. The molecule has 0 bridgehead atoms. The summed E-state index contributed by atoms with van der Waals surface area (Å²) in [6, 6.07) is 20.6. The van der Waals surface area contributed by atoms with Gasteiger partial charge in [-0.15, -0.1) is 0 Å². The predicted molar refractivity (Wildman–Crippen MR) is 217 cm³/mol. The Hall–Kier alpha value is -3.82. The maximum atomic E-state index is 5.48. The SMILES string of the molecule is CC1(C)C2CCCC=C2C2C=C3C(=CC21)C1=C(C(c2ccc(C4=NC(c5ccccc5)C5=C(N4)SC4=CC=CCC45)cc2)CC=C1)C31CCCCC1. The van der Waals surface area contributed by atoms with Gasteiger partial charge in [0.25, 0.3) is 0 Å². The number of rotatable bonds is 3. The predicted octanol–water partition coefficient (Wildman–Crippen LogP) is 12.4. The van der Waals surface area contributed by atoms with Gasteiger partial charge in [-0.3, -0.25) is 4.99 Å². The van der Waals surface area contributed by atoms with Crippen LogP contribution < -0.4 is 5.32 Å². The van der Waals surface area contributed by atoms with Crippen LogP contribution in [0.1, 0.15) is 107 Å². The lowest BCUT2D eigenvalue weighted by Crippen LogP contribution is -2.31. The molecule has 2 heterocycles. The largest absolute Gasteiger partial charge is 0.334 e. The lowest BCUT2D eigenvalue weighted by molar-refractivity contribution is 0.202. The molecule has 6 atom stereocenters. The monoisotopic (exact) mass is 698 g/mol. The molecule has 0 saturated heterocycles. The minimum Gasteiger partial charge on any atom is -0.334 e. The standard InChI is InChI=1S/C49H50N2S/c1-48(2)39-20-9-7-16-34(39)37-29-41-38(28-40(37)48)35-19-13-18-33(44(35)49(41)26-11-4-12-27-49)30-22-24-32(25-23-30)46-50-45(31-14-5-3-6-15-31)43-36-17-8-10-21-42(36)52-47(43)51-46/h3,5-6,8,10,13-16,19,21-25,28-29,33,36-37,39-40,45H,4,7,9,11-12,17-18,20,26-27H2,1-2H3,(H,50,51). The third-order valence-corrected chi connectivity index (χ3v) is 16.0. The average Bonchev–Trinajstić information content (AvgIpc) is 3.78. The van der Waals surface area contributed by atoms with E-state index in [0.717, 1.165) is 24.6 Å². The smallest absolute Gasteiger partial charge is 0.134 e. The van der Waals surface area contributed by atoms with Crippen molar-refractivity contribution in [1.82, 2.24) is 5.32 Å². The number of fused-ring (bicyclic) bond motifs is 9. The molecule has 52 heavy (non-hydrogen) atoms. The Morgan fingerprint density at radius 1 is 0.846 bits per heavy atom. The van der Waals surface area contributed by atoms with Gasteiger partial charge >= 0.3 is 0 Å². The maximum Gasteiger partial charge on any atom is 0.134 e. The molecule has 2 nitrogen and oxygen atoms in total. The van der Waals surface area contributed by atoms with Crippen molar-refractivity contribution in [2.45, 2.75) is 90.0 Å². The minimum absolute atomic E-state index is 0.0388. The number of hydrogen-bond acceptors (Lipinski definition) is 3. The van der Waals surface area contributed by atoms with Gasteiger partial charge in [-0.25, -0.2) is 0 Å². The highest BCUT2D eigenvalue weighted by atomic mass is 32.2. The molecule has 1 spiro atoms. The fourth-order valence-electron chi connectivity index (χ4n) is 12.4. The summed E-state index contributed by atoms with van der Waals surface area (Å²) in [5.41, 5.74) is 14.3. The Labute approximate surface area is 314 Å². The summed E-state index contributed by atoms with van der Waals surface area (Å²) >= 11 is 1.92. The van der Waals surface area contributed by atoms with Crippen LogP contribution in [0, 0.1) is 34.5 Å². The molecule has 11 rings (SSSR count). The molecule has 262 valence electrons. The van der Waals surface area contributed by atoms with E-state index in [1.807, 2.05) is 11.8 Å². The van der Waals surface area contributed by atoms with Gasteiger partial charge in [0.2, 0.25) is 0 Å². The number of allylic oxidation sites excluding steroid dienone is 14. The zero-order valence-corrected chi connectivity index (χ0v) is 31.5. The van der Waals surface area contributed by atoms with Crippen LogP contribution >= 0.6 is 11.8 Å². The van der Waals surface area contributed by atoms with Crippen LogP contribution in [0.25, 0.3) is 0 Å². The number of nitrogens with one attached hydrogen (secondary N) is 1. The van der Waals surface area contributed by atoms with Crippen molar-refractivity contribution in [3.8, 4) is 0 Å². The molecule has 2 aromatic carbocycles. The van der Waals surface area contributed by atoms with Gasteiger partial charge in [0.1, 0.15) is 11.9 Å². The topological polar surface area (TPSA) is 24.4 Å². The first-order valence-corrected chi connectivity index (χ1v) is 21.2. The molecule has 6 unspecified atom stereocenters. The van der Waals surface area contributed by atoms with E-state index < -0.39 is 0 Å². The minimum atomic E-state index is 0.0388. The molecular formula is C49H50N2S. The second-order valence-electron chi connectivity index (χ2n) is 17.6. The van der Waals surface area contributed by atoms with Crippen molar-refractivity contribution < 1.29 is 0 Å². The van der Waals surface area contributed by atoms with E-state index >= 15 is 0 Å². The van der Waals surface area contributed by atoms with Crippen LogP contribution in [0.5, 0.6) is 0 Å². The number of amidine groups is 1. The second-order valence-corrected chi connectivity index (χ2v) is 18.7. The Bertz CT molecular complexity index is 2140. The summed E-state index contributed by atoms with van der Waals surface area (Å²) in [6.07, 6.45) is 33.0. The number of hydrogen-bond donors (Lipinski definition) is 1. The van der Waals surface area contributed by atoms with Crippen molar-refractivity contribution in [3.63, 3.8) is 0 Å². The van der Waals surface area contributed by atoms with Gasteiger partial charge < -0.3 is 5.32 Å². The first-order valence-electron chi connectivity index (χ1n) is 20.4. The Morgan fingerprint density at radius 2 is 1.67 bits per heavy atom. The Balaban J connectivity index is 0.961. The fourth-order valence-corrected chi connectivity index (χ4v) is 13.6. The normalized spacial score (nSPS) is 33.1. The molecular weight excluding hydrogens is 649 g/mol. The van der Waals surface area contributed by atoms with Crippen LogP contribution in [0.4, 0.5) is 0 Å². The van der Waals surface area contributed by atoms with E-state index in [0.29, 0.717) is 29.1 Å². The first-order chi connectivity index (χ1) is 25.5. The van der Waals surface area contributed by atoms with Gasteiger partial charge in [0, 0.05) is 28.7 Å². The highest BCUT2D eigenvalue weighted by molar-refractivity contribution is 8.07. The molecule has 7 aliphatic carbocycles. The molecule has 2 aliphatic heterocycles. The number of aliphatic imine (C=N–C) groups is 1. The summed E-state index contributed by atoms with van der Waals surface area (Å²) in [5.74, 6) is 3.79. The Morgan fingerprint density at radius 3 is 2.52 bits per heavy atom. The lowest BCUT2D eigenvalue weighted by atomic mass is 9.61. The zero-order chi connectivity index (χ0) is 34.6. The maximum absolute atomic E-state index is 5.48. The summed E-state index contributed by atoms with van der Waals surface area (Å²) < 4.78 is 0.